The van der Waals surface area contributed by atoms with Crippen LogP contribution in [-0.4, -0.2) is 23.5 Å². The van der Waals surface area contributed by atoms with Crippen LogP contribution in [0.3, 0.4) is 0 Å². The van der Waals surface area contributed by atoms with Gasteiger partial charge in [0.15, 0.2) is 0 Å². The van der Waals surface area contributed by atoms with Crippen LogP contribution in [0, 0.1) is 17.2 Å². The molecule has 0 saturated heterocycles. The van der Waals surface area contributed by atoms with Crippen LogP contribution >= 0.6 is 0 Å². The number of amides is 1. The average molecular weight is 321 g/mol. The van der Waals surface area contributed by atoms with Crippen molar-refractivity contribution in [1.82, 2.24) is 5.32 Å². The van der Waals surface area contributed by atoms with E-state index >= 15 is 0 Å². The number of hydrogen-bond donors (Lipinski definition) is 2. The molecule has 1 aromatic carbocycles. The van der Waals surface area contributed by atoms with Gasteiger partial charge in [0.05, 0.1) is 11.3 Å². The highest BCUT2D eigenvalue weighted by Crippen LogP contribution is 2.44. The number of hydrogen-bond acceptors (Lipinski definition) is 2. The molecule has 2 rings (SSSR count). The number of nitrogens with one attached hydrogen (secondary N) is 1. The lowest BCUT2D eigenvalue weighted by Crippen LogP contribution is -2.48. The van der Waals surface area contributed by atoms with Gasteiger partial charge in [-0.15, -0.1) is 0 Å². The maximum atomic E-state index is 13.3. The molecule has 0 aliphatic heterocycles. The fourth-order valence-electron chi connectivity index (χ4n) is 3.19. The second kappa shape index (κ2) is 7.57. The molecule has 2 N–H and O–H groups in total. The molecule has 1 amide bonds. The highest BCUT2D eigenvalue weighted by molar-refractivity contribution is 5.84. The molecule has 1 aliphatic rings. The lowest BCUT2D eigenvalue weighted by atomic mass is 9.64. The number of aliphatic carboxylic acids is 1. The summed E-state index contributed by atoms with van der Waals surface area (Å²) in [6, 6.07) is 6.33. The van der Waals surface area contributed by atoms with E-state index in [0.29, 0.717) is 12.8 Å². The Morgan fingerprint density at radius 1 is 1.39 bits per heavy atom. The van der Waals surface area contributed by atoms with E-state index in [2.05, 4.69) is 5.32 Å². The summed E-state index contributed by atoms with van der Waals surface area (Å²) in [4.78, 5) is 23.7. The molecule has 23 heavy (non-hydrogen) atoms. The van der Waals surface area contributed by atoms with Gasteiger partial charge in [0.2, 0.25) is 5.91 Å². The smallest absolute Gasteiger partial charge is 0.308 e. The van der Waals surface area contributed by atoms with E-state index in [9.17, 15) is 14.0 Å². The van der Waals surface area contributed by atoms with Gasteiger partial charge in [-0.25, -0.2) is 4.39 Å². The predicted molar refractivity (Wildman–Crippen MR) is 85.4 cm³/mol. The molecule has 1 saturated carbocycles. The monoisotopic (exact) mass is 321 g/mol. The Hall–Kier alpha value is -1.91. The Morgan fingerprint density at radius 2 is 2.13 bits per heavy atom. The standard InChI is InChI=1S/C18H24FNO3/c1-2-5-14(16(21)22)12-20-17(23)18(8-4-9-18)11-13-6-3-7-15(19)10-13/h3,6-7,10,14H,2,4-5,8-9,11-12H2,1H3,(H,20,23)(H,21,22). The van der Waals surface area contributed by atoms with Gasteiger partial charge in [-0.2, -0.15) is 0 Å². The van der Waals surface area contributed by atoms with Gasteiger partial charge in [-0.3, -0.25) is 9.59 Å². The number of carbonyl (C=O) groups excluding carboxylic acids is 1. The second-order valence-electron chi connectivity index (χ2n) is 6.47. The number of halogens is 1. The first kappa shape index (κ1) is 17.4. The molecule has 0 aromatic heterocycles. The second-order valence-corrected chi connectivity index (χ2v) is 6.47. The Labute approximate surface area is 136 Å². The maximum absolute atomic E-state index is 13.3. The Morgan fingerprint density at radius 3 is 2.65 bits per heavy atom. The molecule has 4 nitrogen and oxygen atoms in total. The van der Waals surface area contributed by atoms with Crippen molar-refractivity contribution in [3.05, 3.63) is 35.6 Å². The summed E-state index contributed by atoms with van der Waals surface area (Å²) in [6.07, 6.45) is 4.32. The maximum Gasteiger partial charge on any atom is 0.308 e. The normalized spacial score (nSPS) is 17.1. The minimum Gasteiger partial charge on any atom is -0.481 e. The van der Waals surface area contributed by atoms with E-state index in [1.54, 1.807) is 6.07 Å². The van der Waals surface area contributed by atoms with Crippen molar-refractivity contribution in [3.8, 4) is 0 Å². The number of carbonyl (C=O) groups is 2. The summed E-state index contributed by atoms with van der Waals surface area (Å²) in [5.41, 5.74) is 0.298. The Bertz CT molecular complexity index is 569. The number of carboxylic acids is 1. The summed E-state index contributed by atoms with van der Waals surface area (Å²) >= 11 is 0. The molecule has 1 atom stereocenters. The Kier molecular flexibility index (Phi) is 5.74. The van der Waals surface area contributed by atoms with E-state index in [1.807, 2.05) is 13.0 Å². The van der Waals surface area contributed by atoms with Crippen LogP contribution < -0.4 is 5.32 Å². The van der Waals surface area contributed by atoms with Crippen LogP contribution in [0.15, 0.2) is 24.3 Å². The first-order chi connectivity index (χ1) is 11.0. The third-order valence-electron chi connectivity index (χ3n) is 4.72. The Balaban J connectivity index is 1.99. The van der Waals surface area contributed by atoms with Crippen LogP contribution in [0.4, 0.5) is 4.39 Å². The summed E-state index contributed by atoms with van der Waals surface area (Å²) < 4.78 is 13.3. The number of carboxylic acid groups (broad SMARTS) is 1. The van der Waals surface area contributed by atoms with E-state index in [0.717, 1.165) is 31.2 Å². The zero-order valence-electron chi connectivity index (χ0n) is 13.5. The van der Waals surface area contributed by atoms with Crippen LogP contribution in [0.25, 0.3) is 0 Å². The van der Waals surface area contributed by atoms with Gasteiger partial charge in [0.25, 0.3) is 0 Å². The predicted octanol–water partition coefficient (Wildman–Crippen LogP) is 3.16. The average Bonchev–Trinajstić information content (AvgIpc) is 2.46. The lowest BCUT2D eigenvalue weighted by molar-refractivity contribution is -0.142. The molecule has 126 valence electrons. The van der Waals surface area contributed by atoms with Crippen molar-refractivity contribution < 1.29 is 19.1 Å². The summed E-state index contributed by atoms with van der Waals surface area (Å²) in [6.45, 7) is 2.09. The molecule has 1 fully saturated rings. The number of rotatable bonds is 8. The van der Waals surface area contributed by atoms with Gasteiger partial charge in [0, 0.05) is 6.54 Å². The minimum absolute atomic E-state index is 0.102. The SMILES string of the molecule is CCCC(CNC(=O)C1(Cc2cccc(F)c2)CCC1)C(=O)O. The van der Waals surface area contributed by atoms with Crippen molar-refractivity contribution in [2.24, 2.45) is 11.3 Å². The molecule has 1 unspecified atom stereocenters. The van der Waals surface area contributed by atoms with Gasteiger partial charge < -0.3 is 10.4 Å². The molecule has 0 bridgehead atoms. The van der Waals surface area contributed by atoms with Crippen molar-refractivity contribution >= 4 is 11.9 Å². The summed E-state index contributed by atoms with van der Waals surface area (Å²) in [5.74, 6) is -1.82. The molecular formula is C18H24FNO3. The summed E-state index contributed by atoms with van der Waals surface area (Å²) in [5, 5.41) is 12.0. The van der Waals surface area contributed by atoms with Crippen LogP contribution in [0.2, 0.25) is 0 Å². The molecule has 5 heteroatoms. The third-order valence-corrected chi connectivity index (χ3v) is 4.72. The topological polar surface area (TPSA) is 66.4 Å². The van der Waals surface area contributed by atoms with Crippen LogP contribution in [-0.2, 0) is 16.0 Å². The van der Waals surface area contributed by atoms with Gasteiger partial charge in [-0.1, -0.05) is 31.9 Å². The van der Waals surface area contributed by atoms with Gasteiger partial charge >= 0.3 is 5.97 Å². The summed E-state index contributed by atoms with van der Waals surface area (Å²) in [7, 11) is 0. The van der Waals surface area contributed by atoms with Crippen LogP contribution in [0.1, 0.15) is 44.6 Å². The van der Waals surface area contributed by atoms with Crippen molar-refractivity contribution in [3.63, 3.8) is 0 Å². The van der Waals surface area contributed by atoms with Crippen molar-refractivity contribution in [2.45, 2.75) is 45.4 Å². The first-order valence-electron chi connectivity index (χ1n) is 8.22. The van der Waals surface area contributed by atoms with E-state index in [1.165, 1.54) is 12.1 Å². The highest BCUT2D eigenvalue weighted by atomic mass is 19.1. The molecule has 0 heterocycles. The number of benzene rings is 1. The molecule has 1 aliphatic carbocycles. The van der Waals surface area contributed by atoms with E-state index in [-0.39, 0.29) is 18.3 Å². The quantitative estimate of drug-likeness (QED) is 0.773. The van der Waals surface area contributed by atoms with Crippen molar-refractivity contribution in [2.75, 3.05) is 6.54 Å². The first-order valence-corrected chi connectivity index (χ1v) is 8.22. The molecule has 0 radical (unpaired) electrons. The molecular weight excluding hydrogens is 297 g/mol. The van der Waals surface area contributed by atoms with Gasteiger partial charge in [-0.05, 0) is 43.4 Å². The largest absolute Gasteiger partial charge is 0.481 e. The third kappa shape index (κ3) is 4.30. The van der Waals surface area contributed by atoms with E-state index in [4.69, 9.17) is 5.11 Å². The molecule has 0 spiro atoms. The van der Waals surface area contributed by atoms with Crippen LogP contribution in [0.5, 0.6) is 0 Å². The fraction of sp³-hybridized carbons (Fsp3) is 0.556. The van der Waals surface area contributed by atoms with E-state index < -0.39 is 17.3 Å². The zero-order chi connectivity index (χ0) is 16.9. The molecule has 1 aromatic rings. The zero-order valence-corrected chi connectivity index (χ0v) is 13.5. The fourth-order valence-corrected chi connectivity index (χ4v) is 3.19. The minimum atomic E-state index is -0.875. The highest BCUT2D eigenvalue weighted by Gasteiger charge is 2.44. The van der Waals surface area contributed by atoms with Gasteiger partial charge in [0.1, 0.15) is 5.82 Å². The lowest BCUT2D eigenvalue weighted by Gasteiger charge is -2.40. The van der Waals surface area contributed by atoms with Crippen molar-refractivity contribution in [1.29, 1.82) is 0 Å².